The molecule has 3 aromatic heterocycles. The zero-order valence-corrected chi connectivity index (χ0v) is 26.5. The molecule has 2 aromatic carbocycles. The van der Waals surface area contributed by atoms with Gasteiger partial charge in [0.15, 0.2) is 17.3 Å². The molecule has 0 unspecified atom stereocenters. The number of halogens is 4. The molecule has 10 nitrogen and oxygen atoms in total. The minimum absolute atomic E-state index is 0.0833. The summed E-state index contributed by atoms with van der Waals surface area (Å²) in [5.74, 6) is -0.939. The van der Waals surface area contributed by atoms with E-state index < -0.39 is 18.2 Å². The van der Waals surface area contributed by atoms with E-state index in [9.17, 15) is 18.7 Å². The van der Waals surface area contributed by atoms with Crippen LogP contribution >= 0.6 is 23.2 Å². The van der Waals surface area contributed by atoms with Crippen LogP contribution in [0.1, 0.15) is 60.2 Å². The van der Waals surface area contributed by atoms with Crippen LogP contribution in [0.25, 0.3) is 22.2 Å². The van der Waals surface area contributed by atoms with Crippen molar-refractivity contribution >= 4 is 57.3 Å². The summed E-state index contributed by atoms with van der Waals surface area (Å²) in [7, 11) is 0. The Kier molecular flexibility index (Phi) is 8.75. The van der Waals surface area contributed by atoms with Crippen LogP contribution in [-0.4, -0.2) is 59.8 Å². The quantitative estimate of drug-likeness (QED) is 0.163. The fourth-order valence-corrected chi connectivity index (χ4v) is 6.85. The Balaban J connectivity index is 1.14. The number of nitrogens with one attached hydrogen (secondary N) is 2. The highest BCUT2D eigenvalue weighted by molar-refractivity contribution is 6.39. The lowest BCUT2D eigenvalue weighted by Gasteiger charge is -2.38. The first kappa shape index (κ1) is 31.4. The van der Waals surface area contributed by atoms with Gasteiger partial charge in [0.05, 0.1) is 44.8 Å². The van der Waals surface area contributed by atoms with Crippen molar-refractivity contribution in [2.75, 3.05) is 23.7 Å². The van der Waals surface area contributed by atoms with Gasteiger partial charge in [-0.2, -0.15) is 5.10 Å². The van der Waals surface area contributed by atoms with Crippen LogP contribution in [0, 0.1) is 0 Å². The number of rotatable bonds is 7. The Bertz CT molecular complexity index is 1970. The van der Waals surface area contributed by atoms with E-state index in [1.54, 1.807) is 48.5 Å². The summed E-state index contributed by atoms with van der Waals surface area (Å²) in [6.07, 6.45) is 1.80. The number of amides is 1. The van der Waals surface area contributed by atoms with Crippen LogP contribution in [0.15, 0.2) is 60.8 Å². The standard InChI is InChI=1S/C33H30Cl2F2N8O2/c34-27-19(5-1-7-21(27)39-31-29-23(9-3-13-38-29)40-32(42-31)30(36)37)20-6-2-8-22(28(20)35)41-33(47)24-17-26-25(10-4-14-45(26)43-24)44-15-11-18(46)12-16-44/h1-3,5-9,13,17-18,25,30,46H,4,10-12,14-16H2,(H,41,47)(H,39,40,42)/t25-/m0/s1. The van der Waals surface area contributed by atoms with Crippen LogP contribution in [0.4, 0.5) is 26.0 Å². The zero-order valence-electron chi connectivity index (χ0n) is 25.0. The predicted molar refractivity (Wildman–Crippen MR) is 176 cm³/mol. The molecule has 0 spiro atoms. The molecule has 5 aromatic rings. The average molecular weight is 680 g/mol. The molecule has 1 saturated heterocycles. The SMILES string of the molecule is O=C(Nc1cccc(-c2cccc(Nc3nc(C(F)F)nc4cccnc34)c2Cl)c1Cl)c1cc2n(n1)CCC[C@@H]2N1CCC(O)CC1. The number of benzene rings is 2. The Labute approximate surface area is 278 Å². The number of likely N-dealkylation sites (tertiary alicyclic amines) is 1. The summed E-state index contributed by atoms with van der Waals surface area (Å²) < 4.78 is 29.0. The molecule has 1 fully saturated rings. The van der Waals surface area contributed by atoms with Gasteiger partial charge in [-0.15, -0.1) is 0 Å². The number of carbonyl (C=O) groups is 1. The Morgan fingerprint density at radius 1 is 0.936 bits per heavy atom. The number of alkyl halides is 2. The first-order valence-electron chi connectivity index (χ1n) is 15.3. The number of aliphatic hydroxyl groups is 1. The first-order valence-corrected chi connectivity index (χ1v) is 16.1. The van der Waals surface area contributed by atoms with Crippen molar-refractivity contribution in [1.82, 2.24) is 29.6 Å². The van der Waals surface area contributed by atoms with Gasteiger partial charge in [-0.25, -0.2) is 18.7 Å². The van der Waals surface area contributed by atoms with E-state index in [0.29, 0.717) is 33.7 Å². The number of piperidine rings is 1. The van der Waals surface area contributed by atoms with Gasteiger partial charge in [-0.3, -0.25) is 19.4 Å². The highest BCUT2D eigenvalue weighted by atomic mass is 35.5. The molecule has 0 aliphatic carbocycles. The number of aryl methyl sites for hydroxylation is 1. The van der Waals surface area contributed by atoms with Crippen molar-refractivity contribution in [3.63, 3.8) is 0 Å². The lowest BCUT2D eigenvalue weighted by molar-refractivity contribution is 0.0512. The second-order valence-electron chi connectivity index (χ2n) is 11.6. The predicted octanol–water partition coefficient (Wildman–Crippen LogP) is 7.42. The molecule has 242 valence electrons. The van der Waals surface area contributed by atoms with Crippen molar-refractivity contribution in [1.29, 1.82) is 0 Å². The van der Waals surface area contributed by atoms with Gasteiger partial charge in [0, 0.05) is 37.0 Å². The third-order valence-electron chi connectivity index (χ3n) is 8.63. The van der Waals surface area contributed by atoms with E-state index in [4.69, 9.17) is 23.2 Å². The number of nitrogens with zero attached hydrogens (tertiary/aromatic N) is 6. The maximum Gasteiger partial charge on any atom is 0.297 e. The second-order valence-corrected chi connectivity index (χ2v) is 12.4. The number of hydrogen-bond donors (Lipinski definition) is 3. The van der Waals surface area contributed by atoms with E-state index in [1.165, 1.54) is 6.20 Å². The molecule has 0 radical (unpaired) electrons. The number of anilines is 3. The van der Waals surface area contributed by atoms with Crippen LogP contribution in [0.2, 0.25) is 10.0 Å². The lowest BCUT2D eigenvalue weighted by Crippen LogP contribution is -2.40. The van der Waals surface area contributed by atoms with Crippen molar-refractivity contribution < 1.29 is 18.7 Å². The molecule has 7 rings (SSSR count). The number of aromatic nitrogens is 5. The van der Waals surface area contributed by atoms with Crippen molar-refractivity contribution in [3.05, 3.63) is 88.1 Å². The maximum atomic E-state index is 13.6. The van der Waals surface area contributed by atoms with Gasteiger partial charge in [0.25, 0.3) is 12.3 Å². The van der Waals surface area contributed by atoms with Gasteiger partial charge in [-0.1, -0.05) is 47.5 Å². The third kappa shape index (κ3) is 6.26. The summed E-state index contributed by atoms with van der Waals surface area (Å²) in [5.41, 5.74) is 3.73. The van der Waals surface area contributed by atoms with Crippen molar-refractivity contribution in [2.45, 2.75) is 50.8 Å². The second kappa shape index (κ2) is 13.1. The summed E-state index contributed by atoms with van der Waals surface area (Å²) in [5, 5.41) is 21.0. The van der Waals surface area contributed by atoms with Crippen LogP contribution < -0.4 is 10.6 Å². The highest BCUT2D eigenvalue weighted by Gasteiger charge is 2.31. The number of hydrogen-bond acceptors (Lipinski definition) is 8. The molecular formula is C33H30Cl2F2N8O2. The average Bonchev–Trinajstić information content (AvgIpc) is 3.52. The summed E-state index contributed by atoms with van der Waals surface area (Å²) >= 11 is 13.7. The third-order valence-corrected chi connectivity index (χ3v) is 9.44. The highest BCUT2D eigenvalue weighted by Crippen LogP contribution is 2.41. The first-order chi connectivity index (χ1) is 22.8. The van der Waals surface area contributed by atoms with Gasteiger partial charge >= 0.3 is 0 Å². The van der Waals surface area contributed by atoms with Gasteiger partial charge < -0.3 is 15.7 Å². The van der Waals surface area contributed by atoms with Crippen LogP contribution in [0.5, 0.6) is 0 Å². The lowest BCUT2D eigenvalue weighted by atomic mass is 9.98. The molecular weight excluding hydrogens is 649 g/mol. The van der Waals surface area contributed by atoms with Gasteiger partial charge in [-0.05, 0) is 56.0 Å². The molecule has 1 amide bonds. The van der Waals surface area contributed by atoms with E-state index in [-0.39, 0.29) is 33.5 Å². The topological polar surface area (TPSA) is 121 Å². The largest absolute Gasteiger partial charge is 0.393 e. The number of fused-ring (bicyclic) bond motifs is 2. The number of aliphatic hydroxyl groups excluding tert-OH is 1. The zero-order chi connectivity index (χ0) is 32.7. The van der Waals surface area contributed by atoms with E-state index in [0.717, 1.165) is 51.0 Å². The molecule has 2 aliphatic heterocycles. The minimum Gasteiger partial charge on any atom is -0.393 e. The van der Waals surface area contributed by atoms with Crippen molar-refractivity contribution in [3.8, 4) is 11.1 Å². The van der Waals surface area contributed by atoms with E-state index >= 15 is 0 Å². The van der Waals surface area contributed by atoms with Crippen LogP contribution in [-0.2, 0) is 6.54 Å². The Morgan fingerprint density at radius 3 is 2.40 bits per heavy atom. The molecule has 2 aliphatic rings. The maximum absolute atomic E-state index is 13.6. The summed E-state index contributed by atoms with van der Waals surface area (Å²) in [6.45, 7) is 2.35. The molecule has 0 bridgehead atoms. The molecule has 47 heavy (non-hydrogen) atoms. The molecule has 5 heterocycles. The molecule has 0 saturated carbocycles. The molecule has 3 N–H and O–H groups in total. The van der Waals surface area contributed by atoms with E-state index in [2.05, 4.69) is 35.6 Å². The Hall–Kier alpha value is -4.23. The van der Waals surface area contributed by atoms with E-state index in [1.807, 2.05) is 10.7 Å². The molecule has 1 atom stereocenters. The van der Waals surface area contributed by atoms with Gasteiger partial charge in [0.1, 0.15) is 5.52 Å². The monoisotopic (exact) mass is 678 g/mol. The summed E-state index contributed by atoms with van der Waals surface area (Å²) in [6, 6.07) is 15.6. The van der Waals surface area contributed by atoms with Gasteiger partial charge in [0.2, 0.25) is 0 Å². The fourth-order valence-electron chi connectivity index (χ4n) is 6.30. The fraction of sp³-hybridized carbons (Fsp3) is 0.303. The molecule has 14 heteroatoms. The normalized spacial score (nSPS) is 17.2. The minimum atomic E-state index is -2.88. The summed E-state index contributed by atoms with van der Waals surface area (Å²) in [4.78, 5) is 28.0. The smallest absolute Gasteiger partial charge is 0.297 e. The number of carbonyl (C=O) groups excluding carboxylic acids is 1. The Morgan fingerprint density at radius 2 is 1.66 bits per heavy atom. The number of pyridine rings is 1. The van der Waals surface area contributed by atoms with Crippen molar-refractivity contribution in [2.24, 2.45) is 0 Å². The van der Waals surface area contributed by atoms with Crippen LogP contribution in [0.3, 0.4) is 0 Å².